The quantitative estimate of drug-likeness (QED) is 0.280. The van der Waals surface area contributed by atoms with E-state index in [-0.39, 0.29) is 5.56 Å². The van der Waals surface area contributed by atoms with Crippen molar-refractivity contribution in [1.82, 2.24) is 4.98 Å². The van der Waals surface area contributed by atoms with Crippen molar-refractivity contribution in [1.29, 1.82) is 0 Å². The van der Waals surface area contributed by atoms with E-state index in [1.165, 1.54) is 28.5 Å². The maximum Gasteiger partial charge on any atom is 0.349 e. The summed E-state index contributed by atoms with van der Waals surface area (Å²) in [6.07, 6.45) is 0.859. The first-order valence-electron chi connectivity index (χ1n) is 10.6. The largest absolute Gasteiger partial charge is 0.422 e. The van der Waals surface area contributed by atoms with E-state index in [9.17, 15) is 9.59 Å². The Hall–Kier alpha value is -3.74. The van der Waals surface area contributed by atoms with Crippen molar-refractivity contribution in [2.45, 2.75) is 13.3 Å². The number of fused-ring (bicyclic) bond motifs is 1. The van der Waals surface area contributed by atoms with Gasteiger partial charge in [0.05, 0.1) is 5.69 Å². The highest BCUT2D eigenvalue weighted by molar-refractivity contribution is 7.16. The van der Waals surface area contributed by atoms with Crippen molar-refractivity contribution in [2.24, 2.45) is 0 Å². The first kappa shape index (κ1) is 22.1. The van der Waals surface area contributed by atoms with Crippen LogP contribution in [0.1, 0.15) is 26.4 Å². The molecule has 0 saturated carbocycles. The Labute approximate surface area is 204 Å². The van der Waals surface area contributed by atoms with Crippen molar-refractivity contribution in [2.75, 3.05) is 5.32 Å². The molecule has 0 aliphatic rings. The second-order valence-corrected chi connectivity index (χ2v) is 9.51. The normalized spacial score (nSPS) is 11.0. The summed E-state index contributed by atoms with van der Waals surface area (Å²) in [6, 6.07) is 24.9. The third kappa shape index (κ3) is 4.64. The van der Waals surface area contributed by atoms with Crippen LogP contribution in [-0.2, 0) is 6.42 Å². The van der Waals surface area contributed by atoms with E-state index in [0.29, 0.717) is 21.1 Å². The van der Waals surface area contributed by atoms with Gasteiger partial charge < -0.3 is 4.42 Å². The van der Waals surface area contributed by atoms with Crippen molar-refractivity contribution in [3.8, 4) is 11.3 Å². The fourth-order valence-electron chi connectivity index (χ4n) is 3.75. The average Bonchev–Trinajstić information content (AvgIpc) is 3.19. The highest BCUT2D eigenvalue weighted by Crippen LogP contribution is 2.31. The van der Waals surface area contributed by atoms with Crippen LogP contribution < -0.4 is 10.9 Å². The SMILES string of the molecule is Cc1sc(NC(=O)c2cc3cc(Cl)ccc3oc2=O)nc1-c1ccc(Cc2ccccc2)cc1. The summed E-state index contributed by atoms with van der Waals surface area (Å²) < 4.78 is 5.27. The Morgan fingerprint density at radius 1 is 1.00 bits per heavy atom. The molecule has 5 rings (SSSR count). The van der Waals surface area contributed by atoms with E-state index in [1.54, 1.807) is 18.2 Å². The Bertz CT molecular complexity index is 1560. The van der Waals surface area contributed by atoms with Crippen molar-refractivity contribution in [3.63, 3.8) is 0 Å². The molecule has 0 spiro atoms. The summed E-state index contributed by atoms with van der Waals surface area (Å²) in [5.41, 5.74) is 3.78. The van der Waals surface area contributed by atoms with Crippen LogP contribution in [0.2, 0.25) is 5.02 Å². The van der Waals surface area contributed by atoms with E-state index in [1.807, 2.05) is 37.3 Å². The third-order valence-corrected chi connectivity index (χ3v) is 6.56. The summed E-state index contributed by atoms with van der Waals surface area (Å²) >= 11 is 7.37. The molecule has 0 aliphatic heterocycles. The zero-order chi connectivity index (χ0) is 23.7. The molecule has 0 fully saturated rings. The first-order valence-corrected chi connectivity index (χ1v) is 11.8. The van der Waals surface area contributed by atoms with Crippen LogP contribution in [0.25, 0.3) is 22.2 Å². The standard InChI is InChI=1S/C27H19ClN2O3S/c1-16-24(19-9-7-18(8-10-19)13-17-5-3-2-4-6-17)29-27(34-16)30-25(31)22-15-20-14-21(28)11-12-23(20)33-26(22)32/h2-12,14-15H,13H2,1H3,(H,29,30,31). The molecule has 1 amide bonds. The topological polar surface area (TPSA) is 72.2 Å². The number of aromatic nitrogens is 1. The minimum atomic E-state index is -0.713. The van der Waals surface area contributed by atoms with Gasteiger partial charge >= 0.3 is 5.63 Å². The summed E-state index contributed by atoms with van der Waals surface area (Å²) in [5.74, 6) is -0.575. The zero-order valence-corrected chi connectivity index (χ0v) is 19.7. The van der Waals surface area contributed by atoms with Crippen molar-refractivity contribution in [3.05, 3.63) is 116 Å². The van der Waals surface area contributed by atoms with Gasteiger partial charge in [-0.1, -0.05) is 66.2 Å². The van der Waals surface area contributed by atoms with Crippen LogP contribution in [0.5, 0.6) is 0 Å². The van der Waals surface area contributed by atoms with E-state index in [2.05, 4.69) is 34.6 Å². The average molecular weight is 487 g/mol. The van der Waals surface area contributed by atoms with Crippen LogP contribution >= 0.6 is 22.9 Å². The number of anilines is 1. The second kappa shape index (κ2) is 9.25. The highest BCUT2D eigenvalue weighted by atomic mass is 35.5. The fraction of sp³-hybridized carbons (Fsp3) is 0.0741. The van der Waals surface area contributed by atoms with E-state index in [0.717, 1.165) is 22.6 Å². The predicted octanol–water partition coefficient (Wildman–Crippen LogP) is 6.72. The van der Waals surface area contributed by atoms with Gasteiger partial charge in [0.1, 0.15) is 11.1 Å². The molecule has 5 aromatic rings. The number of carbonyl (C=O) groups is 1. The molecule has 0 radical (unpaired) electrons. The van der Waals surface area contributed by atoms with Crippen LogP contribution in [-0.4, -0.2) is 10.9 Å². The molecule has 0 atom stereocenters. The van der Waals surface area contributed by atoms with Gasteiger partial charge in [-0.15, -0.1) is 11.3 Å². The molecule has 34 heavy (non-hydrogen) atoms. The number of thiazole rings is 1. The van der Waals surface area contributed by atoms with Gasteiger partial charge in [0.15, 0.2) is 5.13 Å². The minimum absolute atomic E-state index is 0.102. The first-order chi connectivity index (χ1) is 16.5. The summed E-state index contributed by atoms with van der Waals surface area (Å²) in [6.45, 7) is 1.95. The highest BCUT2D eigenvalue weighted by Gasteiger charge is 2.17. The number of nitrogens with zero attached hydrogens (tertiary/aromatic N) is 1. The minimum Gasteiger partial charge on any atom is -0.422 e. The summed E-state index contributed by atoms with van der Waals surface area (Å²) in [7, 11) is 0. The van der Waals surface area contributed by atoms with Gasteiger partial charge in [0.2, 0.25) is 0 Å². The Morgan fingerprint density at radius 3 is 2.50 bits per heavy atom. The number of hydrogen-bond acceptors (Lipinski definition) is 5. The van der Waals surface area contributed by atoms with E-state index < -0.39 is 11.5 Å². The van der Waals surface area contributed by atoms with Crippen molar-refractivity contribution < 1.29 is 9.21 Å². The molecule has 2 aromatic heterocycles. The Morgan fingerprint density at radius 2 is 1.74 bits per heavy atom. The monoisotopic (exact) mass is 486 g/mol. The molecule has 3 aromatic carbocycles. The van der Waals surface area contributed by atoms with Gasteiger partial charge in [-0.3, -0.25) is 10.1 Å². The molecular formula is C27H19ClN2O3S. The third-order valence-electron chi connectivity index (χ3n) is 5.43. The number of carbonyl (C=O) groups excluding carboxylic acids is 1. The number of hydrogen-bond donors (Lipinski definition) is 1. The number of amides is 1. The zero-order valence-electron chi connectivity index (χ0n) is 18.2. The smallest absolute Gasteiger partial charge is 0.349 e. The van der Waals surface area contributed by atoms with E-state index >= 15 is 0 Å². The molecule has 0 saturated heterocycles. The lowest BCUT2D eigenvalue weighted by atomic mass is 10.0. The Balaban J connectivity index is 1.35. The van der Waals surface area contributed by atoms with Gasteiger partial charge in [-0.05, 0) is 48.7 Å². The van der Waals surface area contributed by atoms with Crippen LogP contribution in [0, 0.1) is 6.92 Å². The lowest BCUT2D eigenvalue weighted by Gasteiger charge is -2.04. The van der Waals surface area contributed by atoms with Gasteiger partial charge in [0, 0.05) is 20.8 Å². The molecular weight excluding hydrogens is 468 g/mol. The Kier molecular flexibility index (Phi) is 6.01. The lowest BCUT2D eigenvalue weighted by Crippen LogP contribution is -2.20. The number of halogens is 1. The molecule has 0 bridgehead atoms. The summed E-state index contributed by atoms with van der Waals surface area (Å²) in [4.78, 5) is 30.7. The molecule has 168 valence electrons. The lowest BCUT2D eigenvalue weighted by molar-refractivity contribution is 0.102. The molecule has 5 nitrogen and oxygen atoms in total. The maximum atomic E-state index is 12.8. The number of aryl methyl sites for hydroxylation is 1. The number of benzene rings is 3. The number of nitrogens with one attached hydrogen (secondary N) is 1. The van der Waals surface area contributed by atoms with Crippen LogP contribution in [0.15, 0.2) is 88.1 Å². The molecule has 2 heterocycles. The van der Waals surface area contributed by atoms with Crippen molar-refractivity contribution >= 4 is 44.9 Å². The van der Waals surface area contributed by atoms with Crippen LogP contribution in [0.4, 0.5) is 5.13 Å². The molecule has 1 N–H and O–H groups in total. The van der Waals surface area contributed by atoms with E-state index in [4.69, 9.17) is 16.0 Å². The molecule has 7 heteroatoms. The van der Waals surface area contributed by atoms with Gasteiger partial charge in [-0.25, -0.2) is 9.78 Å². The van der Waals surface area contributed by atoms with Gasteiger partial charge in [0.25, 0.3) is 5.91 Å². The molecule has 0 unspecified atom stereocenters. The maximum absolute atomic E-state index is 12.8. The predicted molar refractivity (Wildman–Crippen MR) is 137 cm³/mol. The number of rotatable bonds is 5. The van der Waals surface area contributed by atoms with Crippen LogP contribution in [0.3, 0.4) is 0 Å². The van der Waals surface area contributed by atoms with Gasteiger partial charge in [-0.2, -0.15) is 0 Å². The second-order valence-electron chi connectivity index (χ2n) is 7.87. The molecule has 0 aliphatic carbocycles. The summed E-state index contributed by atoms with van der Waals surface area (Å²) in [5, 5.41) is 4.20. The fourth-order valence-corrected chi connectivity index (χ4v) is 4.76.